The van der Waals surface area contributed by atoms with E-state index in [4.69, 9.17) is 14.2 Å². The molecule has 0 bridgehead atoms. The number of carbonyl (C=O) groups excluding carboxylic acids is 3. The highest BCUT2D eigenvalue weighted by molar-refractivity contribution is 5.71. The topological polar surface area (TPSA) is 78.9 Å². The van der Waals surface area contributed by atoms with Crippen molar-refractivity contribution in [3.63, 3.8) is 0 Å². The zero-order valence-corrected chi connectivity index (χ0v) is 49.0. The van der Waals surface area contributed by atoms with Gasteiger partial charge in [-0.25, -0.2) is 0 Å². The summed E-state index contributed by atoms with van der Waals surface area (Å²) in [4.78, 5) is 38.3. The van der Waals surface area contributed by atoms with Crippen LogP contribution in [0.25, 0.3) is 0 Å². The van der Waals surface area contributed by atoms with Gasteiger partial charge >= 0.3 is 17.9 Å². The maximum atomic E-state index is 12.9. The predicted octanol–water partition coefficient (Wildman–Crippen LogP) is 22.1. The van der Waals surface area contributed by atoms with Crippen molar-refractivity contribution in [1.82, 2.24) is 0 Å². The standard InChI is InChI=1S/C66H126O6/c1-4-7-10-13-16-19-22-25-28-30-32-34-35-38-41-44-47-50-53-56-59-65(68)71-62-63(61-70-64(67)58-55-52-49-46-43-40-37-27-24-21-18-15-12-9-6-3)72-66(69)60-57-54-51-48-45-42-39-36-33-31-29-26-23-20-17-14-11-8-5-2/h27,37,63H,4-26,28-36,38-62H2,1-3H3/b37-27-. The highest BCUT2D eigenvalue weighted by Crippen LogP contribution is 2.18. The van der Waals surface area contributed by atoms with Gasteiger partial charge in [0.1, 0.15) is 13.2 Å². The SMILES string of the molecule is CCCCCCCC/C=C\CCCCCCCC(=O)OCC(COC(=O)CCCCCCCCCCCCCCCCCCCCCC)OC(=O)CCCCCCCCCCCCCCCCCCCCC. The lowest BCUT2D eigenvalue weighted by Crippen LogP contribution is -2.30. The molecule has 6 heteroatoms. The molecule has 1 atom stereocenters. The molecule has 0 aromatic heterocycles. The lowest BCUT2D eigenvalue weighted by molar-refractivity contribution is -0.167. The Morgan fingerprint density at radius 3 is 0.694 bits per heavy atom. The summed E-state index contributed by atoms with van der Waals surface area (Å²) in [5.41, 5.74) is 0. The monoisotopic (exact) mass is 1010 g/mol. The Hall–Kier alpha value is -1.85. The highest BCUT2D eigenvalue weighted by atomic mass is 16.6. The maximum Gasteiger partial charge on any atom is 0.306 e. The molecule has 0 aromatic rings. The van der Waals surface area contributed by atoms with E-state index in [-0.39, 0.29) is 31.1 Å². The van der Waals surface area contributed by atoms with E-state index in [2.05, 4.69) is 32.9 Å². The molecule has 0 N–H and O–H groups in total. The van der Waals surface area contributed by atoms with Crippen molar-refractivity contribution >= 4 is 17.9 Å². The number of carbonyl (C=O) groups is 3. The van der Waals surface area contributed by atoms with E-state index in [1.165, 1.54) is 270 Å². The number of unbranched alkanes of at least 4 members (excludes halogenated alkanes) is 48. The Morgan fingerprint density at radius 1 is 0.264 bits per heavy atom. The fourth-order valence-electron chi connectivity index (χ4n) is 10.1. The first-order valence-electron chi connectivity index (χ1n) is 32.7. The summed E-state index contributed by atoms with van der Waals surface area (Å²) in [7, 11) is 0. The molecule has 0 aliphatic carbocycles. The molecule has 0 saturated heterocycles. The third kappa shape index (κ3) is 59.0. The molecule has 0 heterocycles. The van der Waals surface area contributed by atoms with Gasteiger partial charge in [-0.05, 0) is 44.9 Å². The van der Waals surface area contributed by atoms with Crippen LogP contribution in [0.5, 0.6) is 0 Å². The van der Waals surface area contributed by atoms with Crippen LogP contribution in [0.15, 0.2) is 12.2 Å². The number of rotatable bonds is 61. The molecule has 0 radical (unpaired) electrons. The van der Waals surface area contributed by atoms with Gasteiger partial charge in [0.15, 0.2) is 6.10 Å². The molecule has 6 nitrogen and oxygen atoms in total. The van der Waals surface area contributed by atoms with Gasteiger partial charge in [-0.3, -0.25) is 14.4 Å². The molecule has 426 valence electrons. The van der Waals surface area contributed by atoms with Crippen molar-refractivity contribution in [3.05, 3.63) is 12.2 Å². The molecule has 72 heavy (non-hydrogen) atoms. The number of ether oxygens (including phenoxy) is 3. The van der Waals surface area contributed by atoms with E-state index in [0.717, 1.165) is 64.2 Å². The molecule has 0 amide bonds. The first-order chi connectivity index (χ1) is 35.5. The van der Waals surface area contributed by atoms with Crippen molar-refractivity contribution in [2.75, 3.05) is 13.2 Å². The summed E-state index contributed by atoms with van der Waals surface area (Å²) in [6.07, 6.45) is 72.2. The second-order valence-corrected chi connectivity index (χ2v) is 22.4. The van der Waals surface area contributed by atoms with Crippen molar-refractivity contribution in [1.29, 1.82) is 0 Å². The van der Waals surface area contributed by atoms with E-state index >= 15 is 0 Å². The normalized spacial score (nSPS) is 12.0. The average Bonchev–Trinajstić information content (AvgIpc) is 3.38. The highest BCUT2D eigenvalue weighted by Gasteiger charge is 2.19. The van der Waals surface area contributed by atoms with Crippen LogP contribution in [0.4, 0.5) is 0 Å². The summed E-state index contributed by atoms with van der Waals surface area (Å²) >= 11 is 0. The zero-order chi connectivity index (χ0) is 52.2. The van der Waals surface area contributed by atoms with Crippen molar-refractivity contribution in [2.24, 2.45) is 0 Å². The van der Waals surface area contributed by atoms with Crippen molar-refractivity contribution in [2.45, 2.75) is 380 Å². The predicted molar refractivity (Wildman–Crippen MR) is 312 cm³/mol. The van der Waals surface area contributed by atoms with Crippen LogP contribution in [-0.4, -0.2) is 37.2 Å². The minimum absolute atomic E-state index is 0.0658. The summed E-state index contributed by atoms with van der Waals surface area (Å²) in [6.45, 7) is 6.71. The van der Waals surface area contributed by atoms with Gasteiger partial charge in [0.05, 0.1) is 0 Å². The number of esters is 3. The smallest absolute Gasteiger partial charge is 0.306 e. The summed E-state index contributed by atoms with van der Waals surface area (Å²) in [6, 6.07) is 0. The lowest BCUT2D eigenvalue weighted by atomic mass is 10.0. The van der Waals surface area contributed by atoms with Gasteiger partial charge in [0.2, 0.25) is 0 Å². The minimum atomic E-state index is -0.769. The van der Waals surface area contributed by atoms with Crippen molar-refractivity contribution < 1.29 is 28.6 Å². The summed E-state index contributed by atoms with van der Waals surface area (Å²) in [5, 5.41) is 0. The molecule has 0 rings (SSSR count). The van der Waals surface area contributed by atoms with E-state index in [9.17, 15) is 14.4 Å². The number of allylic oxidation sites excluding steroid dienone is 2. The van der Waals surface area contributed by atoms with Gasteiger partial charge in [-0.2, -0.15) is 0 Å². The van der Waals surface area contributed by atoms with Crippen molar-refractivity contribution in [3.8, 4) is 0 Å². The Balaban J connectivity index is 4.29. The number of hydrogen-bond acceptors (Lipinski definition) is 6. The van der Waals surface area contributed by atoms with Crippen LogP contribution >= 0.6 is 0 Å². The fourth-order valence-corrected chi connectivity index (χ4v) is 10.1. The quantitative estimate of drug-likeness (QED) is 0.0261. The third-order valence-corrected chi connectivity index (χ3v) is 15.0. The van der Waals surface area contributed by atoms with E-state index in [0.29, 0.717) is 19.3 Å². The molecule has 0 aliphatic rings. The van der Waals surface area contributed by atoms with E-state index < -0.39 is 6.10 Å². The summed E-state index contributed by atoms with van der Waals surface area (Å²) < 4.78 is 17.0. The van der Waals surface area contributed by atoms with Gasteiger partial charge in [-0.1, -0.05) is 322 Å². The maximum absolute atomic E-state index is 12.9. The van der Waals surface area contributed by atoms with Crippen LogP contribution in [0.1, 0.15) is 374 Å². The third-order valence-electron chi connectivity index (χ3n) is 15.0. The fraction of sp³-hybridized carbons (Fsp3) is 0.924. The second-order valence-electron chi connectivity index (χ2n) is 22.4. The first kappa shape index (κ1) is 70.1. The van der Waals surface area contributed by atoms with Gasteiger partial charge in [0.25, 0.3) is 0 Å². The Kier molecular flexibility index (Phi) is 60.1. The molecular weight excluding hydrogens is 889 g/mol. The summed E-state index contributed by atoms with van der Waals surface area (Å²) in [5.74, 6) is -0.842. The van der Waals surface area contributed by atoms with Crippen LogP contribution in [0, 0.1) is 0 Å². The molecule has 0 fully saturated rings. The Morgan fingerprint density at radius 2 is 0.458 bits per heavy atom. The molecular formula is C66H126O6. The van der Waals surface area contributed by atoms with Crippen LogP contribution in [0.3, 0.4) is 0 Å². The molecule has 0 aromatic carbocycles. The minimum Gasteiger partial charge on any atom is -0.462 e. The zero-order valence-electron chi connectivity index (χ0n) is 49.0. The van der Waals surface area contributed by atoms with E-state index in [1.807, 2.05) is 0 Å². The first-order valence-corrected chi connectivity index (χ1v) is 32.7. The second kappa shape index (κ2) is 61.7. The van der Waals surface area contributed by atoms with Crippen LogP contribution < -0.4 is 0 Å². The van der Waals surface area contributed by atoms with Crippen LogP contribution in [-0.2, 0) is 28.6 Å². The van der Waals surface area contributed by atoms with Gasteiger partial charge in [-0.15, -0.1) is 0 Å². The molecule has 0 aliphatic heterocycles. The van der Waals surface area contributed by atoms with Gasteiger partial charge < -0.3 is 14.2 Å². The van der Waals surface area contributed by atoms with Gasteiger partial charge in [0, 0.05) is 19.3 Å². The lowest BCUT2D eigenvalue weighted by Gasteiger charge is -2.18. The van der Waals surface area contributed by atoms with Crippen LogP contribution in [0.2, 0.25) is 0 Å². The Labute approximate surface area is 450 Å². The Bertz CT molecular complexity index is 1120. The molecule has 0 saturated carbocycles. The van der Waals surface area contributed by atoms with E-state index in [1.54, 1.807) is 0 Å². The number of hydrogen-bond donors (Lipinski definition) is 0. The molecule has 0 spiro atoms. The molecule has 1 unspecified atom stereocenters. The average molecular weight is 1020 g/mol. The largest absolute Gasteiger partial charge is 0.462 e.